The molecule has 0 aromatic heterocycles. The Hall–Kier alpha value is -1.59. The molecule has 1 fully saturated rings. The summed E-state index contributed by atoms with van der Waals surface area (Å²) in [6.07, 6.45) is 1.44. The van der Waals surface area contributed by atoms with Crippen LogP contribution in [0, 0.1) is 11.3 Å². The highest BCUT2D eigenvalue weighted by Crippen LogP contribution is 2.24. The summed E-state index contributed by atoms with van der Waals surface area (Å²) in [6.45, 7) is 8.33. The minimum absolute atomic E-state index is 0.0228. The van der Waals surface area contributed by atoms with Crippen LogP contribution in [0.25, 0.3) is 0 Å². The number of carboxylic acid groups (broad SMARTS) is 1. The van der Waals surface area contributed by atoms with Gasteiger partial charge in [-0.25, -0.2) is 0 Å². The zero-order chi connectivity index (χ0) is 16.2. The van der Waals surface area contributed by atoms with Crippen LogP contribution in [0.4, 0.5) is 0 Å². The van der Waals surface area contributed by atoms with Gasteiger partial charge in [-0.2, -0.15) is 0 Å². The van der Waals surface area contributed by atoms with Crippen LogP contribution in [0.15, 0.2) is 0 Å². The van der Waals surface area contributed by atoms with Crippen LogP contribution >= 0.6 is 0 Å². The van der Waals surface area contributed by atoms with Crippen LogP contribution < -0.4 is 5.32 Å². The monoisotopic (exact) mass is 298 g/mol. The second-order valence-electron chi connectivity index (χ2n) is 6.83. The lowest BCUT2D eigenvalue weighted by Gasteiger charge is -2.35. The van der Waals surface area contributed by atoms with E-state index in [1.807, 2.05) is 20.8 Å². The van der Waals surface area contributed by atoms with E-state index in [0.717, 1.165) is 12.8 Å². The normalized spacial score (nSPS) is 20.8. The van der Waals surface area contributed by atoms with Gasteiger partial charge in [-0.15, -0.1) is 0 Å². The third-order valence-corrected chi connectivity index (χ3v) is 3.98. The van der Waals surface area contributed by atoms with Crippen LogP contribution in [0.1, 0.15) is 47.0 Å². The highest BCUT2D eigenvalue weighted by atomic mass is 16.4. The van der Waals surface area contributed by atoms with E-state index in [-0.39, 0.29) is 29.6 Å². The van der Waals surface area contributed by atoms with E-state index in [1.165, 1.54) is 6.92 Å². The summed E-state index contributed by atoms with van der Waals surface area (Å²) in [5.41, 5.74) is -0.330. The van der Waals surface area contributed by atoms with Crippen LogP contribution in [0.2, 0.25) is 0 Å². The molecule has 2 N–H and O–H groups in total. The number of carbonyl (C=O) groups excluding carboxylic acids is 2. The van der Waals surface area contributed by atoms with E-state index < -0.39 is 12.0 Å². The fourth-order valence-corrected chi connectivity index (χ4v) is 2.52. The van der Waals surface area contributed by atoms with Gasteiger partial charge in [0.15, 0.2) is 0 Å². The summed E-state index contributed by atoms with van der Waals surface area (Å²) in [4.78, 5) is 36.4. The first-order chi connectivity index (χ1) is 9.61. The number of amides is 2. The molecule has 1 aliphatic rings. The third kappa shape index (κ3) is 5.36. The van der Waals surface area contributed by atoms with Gasteiger partial charge >= 0.3 is 5.97 Å². The average Bonchev–Trinajstić information content (AvgIpc) is 2.36. The maximum Gasteiger partial charge on any atom is 0.305 e. The van der Waals surface area contributed by atoms with Gasteiger partial charge in [0.1, 0.15) is 0 Å². The Labute approximate surface area is 125 Å². The lowest BCUT2D eigenvalue weighted by atomic mass is 9.84. The molecule has 1 saturated heterocycles. The van der Waals surface area contributed by atoms with Crippen molar-refractivity contribution >= 4 is 17.8 Å². The summed E-state index contributed by atoms with van der Waals surface area (Å²) < 4.78 is 0. The first-order valence-corrected chi connectivity index (χ1v) is 7.39. The fraction of sp³-hybridized carbons (Fsp3) is 0.800. The van der Waals surface area contributed by atoms with Crippen molar-refractivity contribution in [2.24, 2.45) is 11.3 Å². The Bertz CT molecular complexity index is 414. The van der Waals surface area contributed by atoms with Gasteiger partial charge in [-0.05, 0) is 18.3 Å². The smallest absolute Gasteiger partial charge is 0.305 e. The lowest BCUT2D eigenvalue weighted by Crippen LogP contribution is -2.50. The molecular formula is C15H26N2O4. The SMILES string of the molecule is CC(=O)N1CCCC(C(=O)NC(CC(=O)O)C(C)(C)C)C1. The van der Waals surface area contributed by atoms with Gasteiger partial charge in [0.2, 0.25) is 11.8 Å². The van der Waals surface area contributed by atoms with Crippen molar-refractivity contribution in [3.63, 3.8) is 0 Å². The highest BCUT2D eigenvalue weighted by Gasteiger charge is 2.32. The summed E-state index contributed by atoms with van der Waals surface area (Å²) in [5.74, 6) is -1.35. The van der Waals surface area contributed by atoms with Gasteiger partial charge in [0.25, 0.3) is 0 Å². The molecule has 2 amide bonds. The molecule has 1 aliphatic heterocycles. The van der Waals surface area contributed by atoms with Crippen molar-refractivity contribution in [1.29, 1.82) is 0 Å². The van der Waals surface area contributed by atoms with Crippen molar-refractivity contribution in [2.45, 2.75) is 53.0 Å². The average molecular weight is 298 g/mol. The number of nitrogens with one attached hydrogen (secondary N) is 1. The van der Waals surface area contributed by atoms with Gasteiger partial charge in [-0.3, -0.25) is 14.4 Å². The molecule has 0 aromatic rings. The molecule has 0 saturated carbocycles. The minimum atomic E-state index is -0.927. The van der Waals surface area contributed by atoms with Crippen molar-refractivity contribution in [3.8, 4) is 0 Å². The molecule has 0 spiro atoms. The Morgan fingerprint density at radius 3 is 2.43 bits per heavy atom. The Balaban J connectivity index is 2.68. The quantitative estimate of drug-likeness (QED) is 0.818. The van der Waals surface area contributed by atoms with Crippen molar-refractivity contribution in [1.82, 2.24) is 10.2 Å². The molecule has 2 atom stereocenters. The van der Waals surface area contributed by atoms with Crippen LogP contribution in [0.3, 0.4) is 0 Å². The Morgan fingerprint density at radius 1 is 1.33 bits per heavy atom. The van der Waals surface area contributed by atoms with E-state index in [4.69, 9.17) is 5.11 Å². The third-order valence-electron chi connectivity index (χ3n) is 3.98. The number of aliphatic carboxylic acids is 1. The second kappa shape index (κ2) is 6.91. The lowest BCUT2D eigenvalue weighted by molar-refractivity contribution is -0.139. The summed E-state index contributed by atoms with van der Waals surface area (Å²) in [7, 11) is 0. The minimum Gasteiger partial charge on any atom is -0.481 e. The topological polar surface area (TPSA) is 86.7 Å². The molecule has 6 nitrogen and oxygen atoms in total. The number of piperidine rings is 1. The van der Waals surface area contributed by atoms with Crippen LogP contribution in [-0.2, 0) is 14.4 Å². The largest absolute Gasteiger partial charge is 0.481 e. The molecule has 21 heavy (non-hydrogen) atoms. The summed E-state index contributed by atoms with van der Waals surface area (Å²) >= 11 is 0. The number of carbonyl (C=O) groups is 3. The van der Waals surface area contributed by atoms with E-state index in [0.29, 0.717) is 13.1 Å². The molecule has 0 aliphatic carbocycles. The molecule has 0 radical (unpaired) electrons. The summed E-state index contributed by atoms with van der Waals surface area (Å²) in [5, 5.41) is 11.8. The van der Waals surface area contributed by atoms with Crippen LogP contribution in [0.5, 0.6) is 0 Å². The maximum absolute atomic E-state index is 12.4. The fourth-order valence-electron chi connectivity index (χ4n) is 2.52. The molecule has 1 heterocycles. The first kappa shape index (κ1) is 17.5. The highest BCUT2D eigenvalue weighted by molar-refractivity contribution is 5.81. The van der Waals surface area contributed by atoms with Crippen molar-refractivity contribution < 1.29 is 19.5 Å². The van der Waals surface area contributed by atoms with E-state index in [9.17, 15) is 14.4 Å². The maximum atomic E-state index is 12.4. The predicted octanol–water partition coefficient (Wildman–Crippen LogP) is 1.25. The van der Waals surface area contributed by atoms with Gasteiger partial charge in [0, 0.05) is 26.1 Å². The number of carboxylic acids is 1. The number of hydrogen-bond acceptors (Lipinski definition) is 3. The van der Waals surface area contributed by atoms with Crippen molar-refractivity contribution in [2.75, 3.05) is 13.1 Å². The molecule has 120 valence electrons. The number of hydrogen-bond donors (Lipinski definition) is 2. The molecule has 1 rings (SSSR count). The standard InChI is InChI=1S/C15H26N2O4/c1-10(18)17-7-5-6-11(9-17)14(21)16-12(8-13(19)20)15(2,3)4/h11-12H,5-9H2,1-4H3,(H,16,21)(H,19,20). The van der Waals surface area contributed by atoms with Gasteiger partial charge in [0.05, 0.1) is 12.3 Å². The number of nitrogens with zero attached hydrogens (tertiary/aromatic N) is 1. The molecule has 6 heteroatoms. The first-order valence-electron chi connectivity index (χ1n) is 7.39. The predicted molar refractivity (Wildman–Crippen MR) is 78.6 cm³/mol. The van der Waals surface area contributed by atoms with E-state index >= 15 is 0 Å². The molecule has 0 bridgehead atoms. The van der Waals surface area contributed by atoms with Crippen LogP contribution in [-0.4, -0.2) is 46.9 Å². The molecular weight excluding hydrogens is 272 g/mol. The Morgan fingerprint density at radius 2 is 1.95 bits per heavy atom. The summed E-state index contributed by atoms with van der Waals surface area (Å²) in [6, 6.07) is -0.421. The van der Waals surface area contributed by atoms with Gasteiger partial charge < -0.3 is 15.3 Å². The number of rotatable bonds is 4. The Kier molecular flexibility index (Phi) is 5.75. The van der Waals surface area contributed by atoms with Crippen molar-refractivity contribution in [3.05, 3.63) is 0 Å². The molecule has 0 aromatic carbocycles. The van der Waals surface area contributed by atoms with E-state index in [1.54, 1.807) is 4.90 Å². The number of likely N-dealkylation sites (tertiary alicyclic amines) is 1. The second-order valence-corrected chi connectivity index (χ2v) is 6.83. The zero-order valence-corrected chi connectivity index (χ0v) is 13.3. The van der Waals surface area contributed by atoms with E-state index in [2.05, 4.69) is 5.32 Å². The van der Waals surface area contributed by atoms with Gasteiger partial charge in [-0.1, -0.05) is 20.8 Å². The molecule has 2 unspecified atom stereocenters. The zero-order valence-electron chi connectivity index (χ0n) is 13.3.